The Morgan fingerprint density at radius 1 is 1.26 bits per heavy atom. The molecule has 0 aromatic carbocycles. The van der Waals surface area contributed by atoms with Gasteiger partial charge >= 0.3 is 0 Å². The summed E-state index contributed by atoms with van der Waals surface area (Å²) in [6.07, 6.45) is 3.77. The number of piperazine rings is 1. The molecule has 2 aromatic rings. The number of pyridine rings is 1. The van der Waals surface area contributed by atoms with Crippen molar-refractivity contribution in [3.05, 3.63) is 47.4 Å². The fraction of sp³-hybridized carbons (Fsp3) is 0.645. The number of methoxy groups -OCH3 is 1. The van der Waals surface area contributed by atoms with Crippen LogP contribution in [0.3, 0.4) is 0 Å². The highest BCUT2D eigenvalue weighted by molar-refractivity contribution is 5.87. The number of anilines is 2. The lowest BCUT2D eigenvalue weighted by atomic mass is 9.90. The zero-order valence-electron chi connectivity index (χ0n) is 25.1. The first-order chi connectivity index (χ1) is 20.8. The van der Waals surface area contributed by atoms with E-state index in [-0.39, 0.29) is 23.7 Å². The number of carbonyl (C=O) groups is 1. The fourth-order valence-corrected chi connectivity index (χ4v) is 8.11. The molecule has 7 heterocycles. The summed E-state index contributed by atoms with van der Waals surface area (Å²) in [5, 5.41) is 4.66. The molecule has 10 nitrogen and oxygen atoms in total. The van der Waals surface area contributed by atoms with Crippen molar-refractivity contribution in [1.29, 1.82) is 0 Å². The Morgan fingerprint density at radius 2 is 2.07 bits per heavy atom. The highest BCUT2D eigenvalue weighted by Gasteiger charge is 2.50. The van der Waals surface area contributed by atoms with Gasteiger partial charge < -0.3 is 24.2 Å². The number of aryl methyl sites for hydroxylation is 1. The molecule has 0 saturated carbocycles. The Morgan fingerprint density at radius 3 is 2.81 bits per heavy atom. The molecule has 2 unspecified atom stereocenters. The maximum absolute atomic E-state index is 14.6. The number of carbonyl (C=O) groups excluding carboxylic acids is 1. The normalized spacial score (nSPS) is 28.9. The molecule has 5 aliphatic rings. The number of hydrogen-bond donors (Lipinski definition) is 0. The molecule has 1 spiro atoms. The number of halogens is 2. The standard InChI is InChI=1S/C31H41F2N7O3/c1-4-27(41)37-12-10-36(11-13-37)25-16-39-23(25)7-5-6-22-24(39)14-26(35-28(22)30(32)33)38-9-8-31(19-38)29-20(2)15-34-40(29)21(17-42-3)18-43-31/h4,14-15,21,23,25,30H,1,5-13,16-19H2,2-3H3/t21?,23?,25-,31+/m1/s1. The van der Waals surface area contributed by atoms with Gasteiger partial charge in [0.05, 0.1) is 37.7 Å². The van der Waals surface area contributed by atoms with Crippen LogP contribution in [0.4, 0.5) is 20.3 Å². The van der Waals surface area contributed by atoms with Crippen LogP contribution in [-0.2, 0) is 26.3 Å². The third kappa shape index (κ3) is 4.73. The highest BCUT2D eigenvalue weighted by Crippen LogP contribution is 2.46. The minimum absolute atomic E-state index is 0.00572. The van der Waals surface area contributed by atoms with Crippen LogP contribution >= 0.6 is 0 Å². The fourth-order valence-electron chi connectivity index (χ4n) is 8.11. The lowest BCUT2D eigenvalue weighted by Crippen LogP contribution is -2.69. The first-order valence-electron chi connectivity index (χ1n) is 15.5. The quantitative estimate of drug-likeness (QED) is 0.471. The summed E-state index contributed by atoms with van der Waals surface area (Å²) >= 11 is 0. The zero-order chi connectivity index (χ0) is 29.9. The molecule has 1 amide bonds. The molecule has 43 heavy (non-hydrogen) atoms. The second kappa shape index (κ2) is 11.1. The van der Waals surface area contributed by atoms with Gasteiger partial charge in [0.1, 0.15) is 17.1 Å². The molecule has 7 rings (SSSR count). The summed E-state index contributed by atoms with van der Waals surface area (Å²) in [6.45, 7) is 11.7. The third-order valence-electron chi connectivity index (χ3n) is 10.3. The van der Waals surface area contributed by atoms with Gasteiger partial charge in [-0.1, -0.05) is 6.58 Å². The number of fused-ring (bicyclic) bond motifs is 5. The van der Waals surface area contributed by atoms with Crippen LogP contribution in [0.2, 0.25) is 0 Å². The number of rotatable bonds is 6. The molecule has 12 heteroatoms. The molecule has 0 bridgehead atoms. The van der Waals surface area contributed by atoms with Gasteiger partial charge in [-0.25, -0.2) is 13.8 Å². The number of hydrogen-bond acceptors (Lipinski definition) is 8. The Hall–Kier alpha value is -3.09. The SMILES string of the molecule is C=CC(=O)N1CCN([C@@H]2CN3c4cc(N5CC[C@@]6(C5)OCC(COC)n5ncc(C)c56)nc(C(F)F)c4CCCC23)CC1. The molecule has 0 radical (unpaired) electrons. The molecule has 232 valence electrons. The van der Waals surface area contributed by atoms with Gasteiger partial charge in [-0.05, 0) is 37.8 Å². The van der Waals surface area contributed by atoms with E-state index in [2.05, 4.69) is 44.4 Å². The van der Waals surface area contributed by atoms with Gasteiger partial charge in [-0.2, -0.15) is 5.10 Å². The maximum Gasteiger partial charge on any atom is 0.280 e. The Bertz CT molecular complexity index is 1390. The van der Waals surface area contributed by atoms with E-state index in [1.807, 2.05) is 15.8 Å². The van der Waals surface area contributed by atoms with Crippen LogP contribution in [0, 0.1) is 6.92 Å². The number of amides is 1. The minimum atomic E-state index is -2.64. The molecular formula is C31H41F2N7O3. The third-order valence-corrected chi connectivity index (χ3v) is 10.3. The van der Waals surface area contributed by atoms with Gasteiger partial charge in [-0.15, -0.1) is 0 Å². The Kier molecular flexibility index (Phi) is 7.41. The summed E-state index contributed by atoms with van der Waals surface area (Å²) in [7, 11) is 1.68. The monoisotopic (exact) mass is 597 g/mol. The summed E-state index contributed by atoms with van der Waals surface area (Å²) in [4.78, 5) is 25.5. The van der Waals surface area contributed by atoms with E-state index in [9.17, 15) is 13.6 Å². The molecule has 3 fully saturated rings. The van der Waals surface area contributed by atoms with E-state index in [1.165, 1.54) is 6.08 Å². The second-order valence-corrected chi connectivity index (χ2v) is 12.6. The molecule has 0 N–H and O–H groups in total. The smallest absolute Gasteiger partial charge is 0.280 e. The number of nitrogens with zero attached hydrogens (tertiary/aromatic N) is 7. The minimum Gasteiger partial charge on any atom is -0.382 e. The number of ether oxygens (including phenoxy) is 2. The van der Waals surface area contributed by atoms with Crippen molar-refractivity contribution >= 4 is 17.4 Å². The van der Waals surface area contributed by atoms with Crippen molar-refractivity contribution in [2.24, 2.45) is 0 Å². The van der Waals surface area contributed by atoms with Crippen LogP contribution in [0.15, 0.2) is 24.9 Å². The highest BCUT2D eigenvalue weighted by atomic mass is 19.3. The van der Waals surface area contributed by atoms with Crippen LogP contribution in [0.25, 0.3) is 0 Å². The van der Waals surface area contributed by atoms with Crippen molar-refractivity contribution in [3.63, 3.8) is 0 Å². The Labute approximate surface area is 251 Å². The predicted molar refractivity (Wildman–Crippen MR) is 158 cm³/mol. The largest absolute Gasteiger partial charge is 0.382 e. The summed E-state index contributed by atoms with van der Waals surface area (Å²) in [5.41, 5.74) is 3.07. The van der Waals surface area contributed by atoms with Crippen molar-refractivity contribution in [2.45, 2.75) is 62.8 Å². The van der Waals surface area contributed by atoms with E-state index >= 15 is 0 Å². The van der Waals surface area contributed by atoms with Crippen molar-refractivity contribution in [2.75, 3.05) is 75.9 Å². The maximum atomic E-state index is 14.6. The van der Waals surface area contributed by atoms with Crippen molar-refractivity contribution in [1.82, 2.24) is 24.6 Å². The van der Waals surface area contributed by atoms with Gasteiger partial charge in [0.15, 0.2) is 0 Å². The molecule has 2 aromatic heterocycles. The van der Waals surface area contributed by atoms with Gasteiger partial charge in [0, 0.05) is 82.2 Å². The van der Waals surface area contributed by atoms with Crippen LogP contribution < -0.4 is 9.80 Å². The van der Waals surface area contributed by atoms with Gasteiger partial charge in [0.25, 0.3) is 6.43 Å². The van der Waals surface area contributed by atoms with E-state index < -0.39 is 12.0 Å². The Balaban J connectivity index is 1.14. The van der Waals surface area contributed by atoms with E-state index in [0.717, 1.165) is 55.8 Å². The number of alkyl halides is 2. The average Bonchev–Trinajstić information content (AvgIpc) is 3.57. The van der Waals surface area contributed by atoms with Gasteiger partial charge in [0.2, 0.25) is 5.91 Å². The molecular weight excluding hydrogens is 556 g/mol. The van der Waals surface area contributed by atoms with Crippen molar-refractivity contribution < 1.29 is 23.0 Å². The molecule has 4 atom stereocenters. The summed E-state index contributed by atoms with van der Waals surface area (Å²) in [6, 6.07) is 2.68. The first kappa shape index (κ1) is 28.7. The first-order valence-corrected chi connectivity index (χ1v) is 15.5. The molecule has 5 aliphatic heterocycles. The topological polar surface area (TPSA) is 79.2 Å². The van der Waals surface area contributed by atoms with Crippen LogP contribution in [0.1, 0.15) is 54.2 Å². The van der Waals surface area contributed by atoms with E-state index in [1.54, 1.807) is 7.11 Å². The van der Waals surface area contributed by atoms with Crippen LogP contribution in [0.5, 0.6) is 0 Å². The lowest BCUT2D eigenvalue weighted by molar-refractivity contribution is -0.128. The van der Waals surface area contributed by atoms with Crippen LogP contribution in [-0.4, -0.2) is 109 Å². The molecule has 3 saturated heterocycles. The van der Waals surface area contributed by atoms with E-state index in [4.69, 9.17) is 9.47 Å². The average molecular weight is 598 g/mol. The second-order valence-electron chi connectivity index (χ2n) is 12.6. The predicted octanol–water partition coefficient (Wildman–Crippen LogP) is 3.07. The molecule has 0 aliphatic carbocycles. The summed E-state index contributed by atoms with van der Waals surface area (Å²) < 4.78 is 43.2. The number of aromatic nitrogens is 3. The van der Waals surface area contributed by atoms with E-state index in [0.29, 0.717) is 63.2 Å². The van der Waals surface area contributed by atoms with Crippen molar-refractivity contribution in [3.8, 4) is 0 Å². The van der Waals surface area contributed by atoms with Gasteiger partial charge in [-0.3, -0.25) is 14.4 Å². The zero-order valence-corrected chi connectivity index (χ0v) is 25.1. The summed E-state index contributed by atoms with van der Waals surface area (Å²) in [5.74, 6) is 0.576. The lowest BCUT2D eigenvalue weighted by Gasteiger charge is -2.55.